The van der Waals surface area contributed by atoms with E-state index < -0.39 is 0 Å². The Labute approximate surface area is 116 Å². The van der Waals surface area contributed by atoms with Crippen molar-refractivity contribution in [3.05, 3.63) is 60.1 Å². The minimum absolute atomic E-state index is 0.101. The van der Waals surface area contributed by atoms with Crippen LogP contribution in [0.2, 0.25) is 0 Å². The summed E-state index contributed by atoms with van der Waals surface area (Å²) in [5.74, 6) is 0.802. The van der Waals surface area contributed by atoms with Crippen molar-refractivity contribution in [1.29, 1.82) is 0 Å². The largest absolute Gasteiger partial charge is 0.508 e. The monoisotopic (exact) mass is 270 g/mol. The fourth-order valence-electron chi connectivity index (χ4n) is 2.21. The Bertz CT molecular complexity index is 644. The summed E-state index contributed by atoms with van der Waals surface area (Å²) < 4.78 is 5.38. The highest BCUT2D eigenvalue weighted by molar-refractivity contribution is 5.78. The van der Waals surface area contributed by atoms with E-state index in [4.69, 9.17) is 4.42 Å². The van der Waals surface area contributed by atoms with Gasteiger partial charge in [-0.1, -0.05) is 0 Å². The quantitative estimate of drug-likeness (QED) is 0.879. The molecule has 0 radical (unpaired) electrons. The molecule has 0 bridgehead atoms. The number of nitrogens with zero attached hydrogens (tertiary/aromatic N) is 1. The van der Waals surface area contributed by atoms with Gasteiger partial charge in [-0.05, 0) is 48.0 Å². The predicted octanol–water partition coefficient (Wildman–Crippen LogP) is 2.43. The first kappa shape index (κ1) is 12.3. The zero-order valence-corrected chi connectivity index (χ0v) is 10.9. The molecule has 0 aliphatic carbocycles. The molecular formula is C15H14N2O3. The van der Waals surface area contributed by atoms with Gasteiger partial charge < -0.3 is 9.52 Å². The maximum absolute atomic E-state index is 11.7. The Morgan fingerprint density at radius 2 is 2.05 bits per heavy atom. The molecule has 1 amide bonds. The van der Waals surface area contributed by atoms with E-state index >= 15 is 0 Å². The highest BCUT2D eigenvalue weighted by Gasteiger charge is 2.30. The predicted molar refractivity (Wildman–Crippen MR) is 73.2 cm³/mol. The van der Waals surface area contributed by atoms with Crippen LogP contribution in [0.3, 0.4) is 0 Å². The number of hydrogen-bond donors (Lipinski definition) is 2. The number of phenols is 1. The Hall–Kier alpha value is -2.69. The lowest BCUT2D eigenvalue weighted by molar-refractivity contribution is -0.132. The van der Waals surface area contributed by atoms with Gasteiger partial charge in [-0.25, -0.2) is 5.01 Å². The molecule has 2 aromatic rings. The molecule has 1 aromatic carbocycles. The third-order valence-electron chi connectivity index (χ3n) is 3.20. The molecule has 0 saturated heterocycles. The first-order valence-electron chi connectivity index (χ1n) is 6.26. The number of benzene rings is 1. The second-order valence-electron chi connectivity index (χ2n) is 4.59. The lowest BCUT2D eigenvalue weighted by atomic mass is 10.1. The molecule has 0 fully saturated rings. The highest BCUT2D eigenvalue weighted by Crippen LogP contribution is 2.31. The Morgan fingerprint density at radius 3 is 2.65 bits per heavy atom. The van der Waals surface area contributed by atoms with Crippen molar-refractivity contribution in [2.24, 2.45) is 0 Å². The van der Waals surface area contributed by atoms with Crippen molar-refractivity contribution < 1.29 is 14.3 Å². The summed E-state index contributed by atoms with van der Waals surface area (Å²) in [4.78, 5) is 11.7. The number of amides is 1. The molecule has 0 unspecified atom stereocenters. The molecule has 0 spiro atoms. The van der Waals surface area contributed by atoms with Gasteiger partial charge in [0.05, 0.1) is 12.0 Å². The average molecular weight is 270 g/mol. The molecule has 2 heterocycles. The second kappa shape index (κ2) is 4.77. The van der Waals surface area contributed by atoms with E-state index in [0.717, 1.165) is 11.3 Å². The van der Waals surface area contributed by atoms with Crippen LogP contribution in [0.1, 0.15) is 24.3 Å². The number of carbonyl (C=O) groups excluding carboxylic acids is 1. The first-order chi connectivity index (χ1) is 9.65. The first-order valence-corrected chi connectivity index (χ1v) is 6.26. The molecule has 5 nitrogen and oxygen atoms in total. The third kappa shape index (κ3) is 2.14. The van der Waals surface area contributed by atoms with Gasteiger partial charge in [0.15, 0.2) is 0 Å². The number of hydrazine groups is 1. The number of furan rings is 1. The molecular weight excluding hydrogens is 256 g/mol. The second-order valence-corrected chi connectivity index (χ2v) is 4.59. The maximum Gasteiger partial charge on any atom is 0.238 e. The van der Waals surface area contributed by atoms with E-state index in [2.05, 4.69) is 5.43 Å². The van der Waals surface area contributed by atoms with Gasteiger partial charge in [-0.15, -0.1) is 0 Å². The van der Waals surface area contributed by atoms with Crippen LogP contribution in [0.5, 0.6) is 5.75 Å². The van der Waals surface area contributed by atoms with Crippen molar-refractivity contribution in [3.8, 4) is 5.75 Å². The van der Waals surface area contributed by atoms with E-state index in [1.807, 2.05) is 12.1 Å². The van der Waals surface area contributed by atoms with Crippen LogP contribution in [0.4, 0.5) is 0 Å². The molecule has 1 aliphatic heterocycles. The van der Waals surface area contributed by atoms with Gasteiger partial charge in [-0.2, -0.15) is 0 Å². The van der Waals surface area contributed by atoms with Crippen molar-refractivity contribution >= 4 is 11.6 Å². The number of carbonyl (C=O) groups is 1. The Balaban J connectivity index is 1.95. The topological polar surface area (TPSA) is 65.7 Å². The normalized spacial score (nSPS) is 17.8. The zero-order chi connectivity index (χ0) is 14.1. The zero-order valence-electron chi connectivity index (χ0n) is 10.9. The number of aromatic hydroxyl groups is 1. The summed E-state index contributed by atoms with van der Waals surface area (Å²) in [6.45, 7) is 1.50. The van der Waals surface area contributed by atoms with Crippen molar-refractivity contribution in [1.82, 2.24) is 10.4 Å². The van der Waals surface area contributed by atoms with E-state index in [0.29, 0.717) is 5.76 Å². The molecule has 2 N–H and O–H groups in total. The molecule has 102 valence electrons. The van der Waals surface area contributed by atoms with Gasteiger partial charge in [0.1, 0.15) is 17.6 Å². The minimum atomic E-state index is -0.272. The van der Waals surface area contributed by atoms with Gasteiger partial charge in [0.2, 0.25) is 5.91 Å². The third-order valence-corrected chi connectivity index (χ3v) is 3.20. The van der Waals surface area contributed by atoms with Crippen molar-refractivity contribution in [2.45, 2.75) is 13.0 Å². The molecule has 0 saturated carbocycles. The van der Waals surface area contributed by atoms with E-state index in [1.165, 1.54) is 11.9 Å². The highest BCUT2D eigenvalue weighted by atomic mass is 16.3. The average Bonchev–Trinajstić information content (AvgIpc) is 3.08. The summed E-state index contributed by atoms with van der Waals surface area (Å²) >= 11 is 0. The molecule has 20 heavy (non-hydrogen) atoms. The number of phenolic OH excluding ortho intramolecular Hbond substituents is 1. The van der Waals surface area contributed by atoms with Gasteiger partial charge >= 0.3 is 0 Å². The summed E-state index contributed by atoms with van der Waals surface area (Å²) in [5.41, 5.74) is 4.77. The SMILES string of the molecule is CC(=O)N1NC(c2ccc(O)cc2)=C[C@H]1c1ccco1. The van der Waals surface area contributed by atoms with E-state index in [1.54, 1.807) is 36.6 Å². The summed E-state index contributed by atoms with van der Waals surface area (Å²) in [5, 5.41) is 10.8. The standard InChI is InChI=1S/C15H14N2O3/c1-10(18)17-14(15-3-2-8-20-15)9-13(16-17)11-4-6-12(19)7-5-11/h2-9,14,16,19H,1H3/t14-/m0/s1. The maximum atomic E-state index is 11.7. The van der Waals surface area contributed by atoms with Crippen LogP contribution in [-0.2, 0) is 4.79 Å². The molecule has 1 aliphatic rings. The Morgan fingerprint density at radius 1 is 1.30 bits per heavy atom. The van der Waals surface area contributed by atoms with Crippen LogP contribution in [0, 0.1) is 0 Å². The number of rotatable bonds is 2. The minimum Gasteiger partial charge on any atom is -0.508 e. The van der Waals surface area contributed by atoms with Crippen LogP contribution in [0.15, 0.2) is 53.2 Å². The summed E-state index contributed by atoms with van der Waals surface area (Å²) in [7, 11) is 0. The lowest BCUT2D eigenvalue weighted by Gasteiger charge is -2.22. The van der Waals surface area contributed by atoms with Gasteiger partial charge in [0, 0.05) is 6.92 Å². The summed E-state index contributed by atoms with van der Waals surface area (Å²) in [6, 6.07) is 10.1. The lowest BCUT2D eigenvalue weighted by Crippen LogP contribution is -2.37. The fraction of sp³-hybridized carbons (Fsp3) is 0.133. The van der Waals surface area contributed by atoms with Crippen molar-refractivity contribution in [2.75, 3.05) is 0 Å². The van der Waals surface area contributed by atoms with Crippen molar-refractivity contribution in [3.63, 3.8) is 0 Å². The smallest absolute Gasteiger partial charge is 0.238 e. The summed E-state index contributed by atoms with van der Waals surface area (Å²) in [6.07, 6.45) is 3.51. The van der Waals surface area contributed by atoms with E-state index in [-0.39, 0.29) is 17.7 Å². The number of nitrogens with one attached hydrogen (secondary N) is 1. The van der Waals surface area contributed by atoms with Crippen LogP contribution < -0.4 is 5.43 Å². The van der Waals surface area contributed by atoms with E-state index in [9.17, 15) is 9.90 Å². The Kier molecular flexibility index (Phi) is 2.95. The molecule has 5 heteroatoms. The molecule has 1 atom stereocenters. The van der Waals surface area contributed by atoms with Gasteiger partial charge in [-0.3, -0.25) is 10.2 Å². The van der Waals surface area contributed by atoms with Crippen LogP contribution in [-0.4, -0.2) is 16.0 Å². The number of hydrogen-bond acceptors (Lipinski definition) is 4. The van der Waals surface area contributed by atoms with Crippen LogP contribution >= 0.6 is 0 Å². The fourth-order valence-corrected chi connectivity index (χ4v) is 2.21. The van der Waals surface area contributed by atoms with Gasteiger partial charge in [0.25, 0.3) is 0 Å². The van der Waals surface area contributed by atoms with Crippen LogP contribution in [0.25, 0.3) is 5.70 Å². The molecule has 1 aromatic heterocycles. The molecule has 3 rings (SSSR count).